The number of rotatable bonds is 5. The van der Waals surface area contributed by atoms with Crippen molar-refractivity contribution in [3.05, 3.63) is 44.6 Å². The maximum absolute atomic E-state index is 13.8. The standard InChI is InChI=1S/C14H11FN4O6S/c1-24-11(20)5-10-13(21)17-14(26-10)18-16-6-7-3-8(15)12(25-2)9(4-7)19(22)23/h3-6H,1-2H3,(H,17,18,21)/b10-5+,16-6?. The van der Waals surface area contributed by atoms with Crippen LogP contribution in [0.15, 0.2) is 33.3 Å². The number of ether oxygens (including phenoxy) is 2. The Labute approximate surface area is 149 Å². The van der Waals surface area contributed by atoms with Gasteiger partial charge >= 0.3 is 11.7 Å². The number of thioether (sulfide) groups is 1. The fraction of sp³-hybridized carbons (Fsp3) is 0.143. The number of halogens is 1. The van der Waals surface area contributed by atoms with Crippen molar-refractivity contribution >= 4 is 40.7 Å². The molecular weight excluding hydrogens is 371 g/mol. The van der Waals surface area contributed by atoms with Crippen LogP contribution in [0.4, 0.5) is 10.1 Å². The van der Waals surface area contributed by atoms with E-state index >= 15 is 0 Å². The van der Waals surface area contributed by atoms with E-state index in [1.807, 2.05) is 0 Å². The largest absolute Gasteiger partial charge is 0.488 e. The molecule has 136 valence electrons. The lowest BCUT2D eigenvalue weighted by molar-refractivity contribution is -0.386. The minimum Gasteiger partial charge on any atom is -0.488 e. The van der Waals surface area contributed by atoms with Crippen LogP contribution in [0.1, 0.15) is 5.56 Å². The third kappa shape index (κ3) is 4.42. The Morgan fingerprint density at radius 3 is 2.77 bits per heavy atom. The van der Waals surface area contributed by atoms with Gasteiger partial charge in [0, 0.05) is 17.7 Å². The van der Waals surface area contributed by atoms with E-state index < -0.39 is 34.1 Å². The molecule has 1 heterocycles. The normalized spacial score (nSPS) is 17.0. The van der Waals surface area contributed by atoms with Crippen LogP contribution in [0.2, 0.25) is 0 Å². The molecule has 0 aromatic heterocycles. The number of nitro groups is 1. The summed E-state index contributed by atoms with van der Waals surface area (Å²) in [6.45, 7) is 0. The summed E-state index contributed by atoms with van der Waals surface area (Å²) < 4.78 is 22.9. The number of hydrogen-bond acceptors (Lipinski definition) is 9. The molecule has 1 saturated heterocycles. The van der Waals surface area contributed by atoms with Crippen LogP contribution in [0, 0.1) is 15.9 Å². The minimum absolute atomic E-state index is 0.0666. The molecule has 1 aromatic carbocycles. The predicted octanol–water partition coefficient (Wildman–Crippen LogP) is 1.35. The number of methoxy groups -OCH3 is 2. The van der Waals surface area contributed by atoms with Crippen molar-refractivity contribution in [3.8, 4) is 5.75 Å². The first-order valence-corrected chi connectivity index (χ1v) is 7.59. The van der Waals surface area contributed by atoms with Crippen molar-refractivity contribution in [2.75, 3.05) is 14.2 Å². The van der Waals surface area contributed by atoms with Gasteiger partial charge in [0.1, 0.15) is 0 Å². The highest BCUT2D eigenvalue weighted by molar-refractivity contribution is 8.18. The maximum Gasteiger partial charge on any atom is 0.331 e. The van der Waals surface area contributed by atoms with E-state index in [1.54, 1.807) is 0 Å². The minimum atomic E-state index is -0.928. The molecule has 1 fully saturated rings. The average Bonchev–Trinajstić information content (AvgIpc) is 2.93. The van der Waals surface area contributed by atoms with Gasteiger partial charge in [-0.05, 0) is 17.8 Å². The highest BCUT2D eigenvalue weighted by Gasteiger charge is 2.25. The molecule has 0 atom stereocenters. The number of amides is 1. The summed E-state index contributed by atoms with van der Waals surface area (Å²) in [5, 5.41) is 20.7. The zero-order valence-corrected chi connectivity index (χ0v) is 14.2. The predicted molar refractivity (Wildman–Crippen MR) is 90.5 cm³/mol. The number of nitrogens with one attached hydrogen (secondary N) is 1. The number of nitro benzene ring substituents is 1. The van der Waals surface area contributed by atoms with Gasteiger partial charge in [0.2, 0.25) is 5.75 Å². The Hall–Kier alpha value is -3.28. The van der Waals surface area contributed by atoms with Crippen molar-refractivity contribution in [1.29, 1.82) is 0 Å². The molecule has 0 bridgehead atoms. The lowest BCUT2D eigenvalue weighted by Crippen LogP contribution is -2.19. The first-order valence-electron chi connectivity index (χ1n) is 6.77. The summed E-state index contributed by atoms with van der Waals surface area (Å²) >= 11 is 0.848. The molecule has 1 aromatic rings. The Balaban J connectivity index is 2.20. The molecule has 1 aliphatic heterocycles. The zero-order chi connectivity index (χ0) is 19.3. The van der Waals surface area contributed by atoms with Crippen LogP contribution in [0.5, 0.6) is 5.75 Å². The first-order chi connectivity index (χ1) is 12.3. The molecule has 0 spiro atoms. The fourth-order valence-electron chi connectivity index (χ4n) is 1.80. The Morgan fingerprint density at radius 2 is 2.15 bits per heavy atom. The second-order valence-corrected chi connectivity index (χ2v) is 5.58. The lowest BCUT2D eigenvalue weighted by atomic mass is 10.2. The summed E-state index contributed by atoms with van der Waals surface area (Å²) in [6.07, 6.45) is 2.06. The summed E-state index contributed by atoms with van der Waals surface area (Å²) in [5.41, 5.74) is -0.493. The summed E-state index contributed by atoms with van der Waals surface area (Å²) in [6, 6.07) is 2.05. The topological polar surface area (TPSA) is 132 Å². The van der Waals surface area contributed by atoms with Crippen LogP contribution in [0.3, 0.4) is 0 Å². The lowest BCUT2D eigenvalue weighted by Gasteiger charge is -2.03. The van der Waals surface area contributed by atoms with Gasteiger partial charge < -0.3 is 9.47 Å². The van der Waals surface area contributed by atoms with Crippen molar-refractivity contribution in [2.24, 2.45) is 10.2 Å². The number of esters is 1. The second-order valence-electron chi connectivity index (χ2n) is 4.55. The van der Waals surface area contributed by atoms with E-state index in [0.717, 1.165) is 43.3 Å². The molecule has 2 rings (SSSR count). The molecule has 0 saturated carbocycles. The molecule has 26 heavy (non-hydrogen) atoms. The van der Waals surface area contributed by atoms with E-state index in [2.05, 4.69) is 25.0 Å². The van der Waals surface area contributed by atoms with Crippen molar-refractivity contribution in [1.82, 2.24) is 5.32 Å². The molecule has 0 unspecified atom stereocenters. The molecule has 10 nitrogen and oxygen atoms in total. The smallest absolute Gasteiger partial charge is 0.331 e. The monoisotopic (exact) mass is 382 g/mol. The van der Waals surface area contributed by atoms with Crippen LogP contribution in [-0.4, -0.2) is 42.4 Å². The van der Waals surface area contributed by atoms with E-state index in [0.29, 0.717) is 0 Å². The Bertz CT molecular complexity index is 867. The van der Waals surface area contributed by atoms with E-state index in [4.69, 9.17) is 0 Å². The van der Waals surface area contributed by atoms with Gasteiger partial charge in [-0.3, -0.25) is 20.2 Å². The number of amidine groups is 1. The average molecular weight is 382 g/mol. The molecule has 0 aliphatic carbocycles. The van der Waals surface area contributed by atoms with E-state index in [9.17, 15) is 24.1 Å². The van der Waals surface area contributed by atoms with Crippen LogP contribution >= 0.6 is 11.8 Å². The first kappa shape index (κ1) is 19.1. The maximum atomic E-state index is 13.8. The van der Waals surface area contributed by atoms with E-state index in [-0.39, 0.29) is 15.6 Å². The van der Waals surface area contributed by atoms with Crippen molar-refractivity contribution < 1.29 is 28.4 Å². The quantitative estimate of drug-likeness (QED) is 0.267. The second kappa shape index (κ2) is 8.20. The summed E-state index contributed by atoms with van der Waals surface area (Å²) in [4.78, 5) is 33.0. The van der Waals surface area contributed by atoms with Gasteiger partial charge in [0.15, 0.2) is 11.0 Å². The van der Waals surface area contributed by atoms with Gasteiger partial charge in [-0.1, -0.05) is 0 Å². The van der Waals surface area contributed by atoms with Crippen molar-refractivity contribution in [2.45, 2.75) is 0 Å². The number of carbonyl (C=O) groups excluding carboxylic acids is 2. The Morgan fingerprint density at radius 1 is 1.42 bits per heavy atom. The number of carbonyl (C=O) groups is 2. The third-order valence-electron chi connectivity index (χ3n) is 2.90. The summed E-state index contributed by atoms with van der Waals surface area (Å²) in [5.74, 6) is -2.67. The molecule has 0 radical (unpaired) electrons. The van der Waals surface area contributed by atoms with Crippen LogP contribution < -0.4 is 10.1 Å². The van der Waals surface area contributed by atoms with Crippen molar-refractivity contribution in [3.63, 3.8) is 0 Å². The van der Waals surface area contributed by atoms with Gasteiger partial charge in [0.05, 0.1) is 30.3 Å². The molecular formula is C14H11FN4O6S. The molecule has 1 aliphatic rings. The van der Waals surface area contributed by atoms with Gasteiger partial charge in [-0.15, -0.1) is 5.10 Å². The highest BCUT2D eigenvalue weighted by atomic mass is 32.2. The number of nitrogens with zero attached hydrogens (tertiary/aromatic N) is 3. The van der Waals surface area contributed by atoms with Crippen LogP contribution in [0.25, 0.3) is 0 Å². The highest BCUT2D eigenvalue weighted by Crippen LogP contribution is 2.30. The molecule has 1 amide bonds. The SMILES string of the molecule is COC(=O)/C=C1/S/C(=N\N=Cc2cc(F)c(OC)c([N+](=O)[O-])c2)NC1=O. The summed E-state index contributed by atoms with van der Waals surface area (Å²) in [7, 11) is 2.29. The number of benzene rings is 1. The third-order valence-corrected chi connectivity index (χ3v) is 3.80. The fourth-order valence-corrected chi connectivity index (χ4v) is 2.54. The van der Waals surface area contributed by atoms with Gasteiger partial charge in [0.25, 0.3) is 5.91 Å². The van der Waals surface area contributed by atoms with Gasteiger partial charge in [-0.25, -0.2) is 9.18 Å². The van der Waals surface area contributed by atoms with E-state index in [1.165, 1.54) is 7.11 Å². The molecule has 1 N–H and O–H groups in total. The Kier molecular flexibility index (Phi) is 6.01. The molecule has 12 heteroatoms. The zero-order valence-electron chi connectivity index (χ0n) is 13.4. The van der Waals surface area contributed by atoms with Gasteiger partial charge in [-0.2, -0.15) is 5.10 Å². The van der Waals surface area contributed by atoms with Crippen LogP contribution in [-0.2, 0) is 14.3 Å². The number of hydrogen-bond donors (Lipinski definition) is 1.